The number of benzene rings is 1. The van der Waals surface area contributed by atoms with E-state index in [1.165, 1.54) is 0 Å². The van der Waals surface area contributed by atoms with E-state index in [0.29, 0.717) is 11.4 Å². The van der Waals surface area contributed by atoms with E-state index < -0.39 is 0 Å². The third-order valence-corrected chi connectivity index (χ3v) is 5.46. The fraction of sp³-hybridized carbons (Fsp3) is 0.440. The Labute approximate surface area is 176 Å². The number of ketones is 1. The van der Waals surface area contributed by atoms with Gasteiger partial charge in [0.2, 0.25) is 0 Å². The number of unbranched alkanes of at least 4 members (excludes halogenated alkanes) is 1. The summed E-state index contributed by atoms with van der Waals surface area (Å²) in [4.78, 5) is 16.7. The van der Waals surface area contributed by atoms with Crippen molar-refractivity contribution in [3.63, 3.8) is 0 Å². The van der Waals surface area contributed by atoms with Crippen molar-refractivity contribution < 1.29 is 4.79 Å². The van der Waals surface area contributed by atoms with E-state index in [4.69, 9.17) is 11.6 Å². The molecule has 0 radical (unpaired) electrons. The molecule has 1 rings (SSSR count). The molecule has 1 aromatic rings. The molecule has 2 nitrogen and oxygen atoms in total. The highest BCUT2D eigenvalue weighted by molar-refractivity contribution is 6.36. The van der Waals surface area contributed by atoms with Crippen molar-refractivity contribution >= 4 is 34.2 Å². The lowest BCUT2D eigenvalue weighted by molar-refractivity contribution is -0.113. The van der Waals surface area contributed by atoms with E-state index in [1.54, 1.807) is 14.0 Å². The number of nitrogens with zero attached hydrogens (tertiary/aromatic N) is 1. The van der Waals surface area contributed by atoms with Gasteiger partial charge in [0.1, 0.15) is 0 Å². The highest BCUT2D eigenvalue weighted by atomic mass is 35.5. The van der Waals surface area contributed by atoms with E-state index in [2.05, 4.69) is 45.3 Å². The zero-order chi connectivity index (χ0) is 21.4. The predicted octanol–water partition coefficient (Wildman–Crippen LogP) is 7.64. The van der Waals surface area contributed by atoms with Crippen LogP contribution in [0.25, 0.3) is 11.1 Å². The molecule has 0 bridgehead atoms. The first-order valence-corrected chi connectivity index (χ1v) is 10.3. The number of Topliss-reactive ketones (excluding diaryl/α,β-unsaturated/α-hetero) is 1. The molecule has 1 aromatic carbocycles. The summed E-state index contributed by atoms with van der Waals surface area (Å²) in [5.74, 6) is 0.118. The molecule has 0 amide bonds. The van der Waals surface area contributed by atoms with Crippen LogP contribution in [0.4, 0.5) is 0 Å². The number of carbonyl (C=O) groups excluding carboxylic acids is 1. The zero-order valence-corrected chi connectivity index (χ0v) is 19.3. The van der Waals surface area contributed by atoms with Crippen LogP contribution in [0.2, 0.25) is 5.02 Å². The van der Waals surface area contributed by atoms with Crippen LogP contribution in [0.3, 0.4) is 0 Å². The van der Waals surface area contributed by atoms with E-state index >= 15 is 0 Å². The Kier molecular flexibility index (Phi) is 9.61. The quantitative estimate of drug-likeness (QED) is 0.238. The minimum atomic E-state index is 0.118. The first-order valence-electron chi connectivity index (χ1n) is 9.96. The number of carbonyl (C=O) groups is 1. The molecule has 3 heteroatoms. The molecule has 0 unspecified atom stereocenters. The fourth-order valence-corrected chi connectivity index (χ4v) is 3.83. The molecular weight excluding hydrogens is 366 g/mol. The lowest BCUT2D eigenvalue weighted by atomic mass is 9.85. The number of aliphatic imine (C=N–C) groups is 1. The Morgan fingerprint density at radius 2 is 1.86 bits per heavy atom. The van der Waals surface area contributed by atoms with E-state index in [1.807, 2.05) is 19.1 Å². The second-order valence-corrected chi connectivity index (χ2v) is 7.80. The molecule has 28 heavy (non-hydrogen) atoms. The summed E-state index contributed by atoms with van der Waals surface area (Å²) in [6, 6.07) is 4.00. The SMILES string of the molecule is C=CCC(=NC)C(=C(C)C)c1c(Cl)ccc(/C(CCCC)=C(\C)C(C)=O)c1C. The van der Waals surface area contributed by atoms with E-state index in [-0.39, 0.29) is 5.78 Å². The van der Waals surface area contributed by atoms with Crippen molar-refractivity contribution in [3.8, 4) is 0 Å². The van der Waals surface area contributed by atoms with Crippen LogP contribution in [0.1, 0.15) is 77.0 Å². The number of halogens is 1. The highest BCUT2D eigenvalue weighted by Crippen LogP contribution is 2.37. The van der Waals surface area contributed by atoms with Crippen LogP contribution in [-0.4, -0.2) is 18.5 Å². The fourth-order valence-electron chi connectivity index (χ4n) is 3.53. The monoisotopic (exact) mass is 399 g/mol. The molecule has 0 spiro atoms. The summed E-state index contributed by atoms with van der Waals surface area (Å²) in [6.45, 7) is 15.9. The maximum absolute atomic E-state index is 12.1. The van der Waals surface area contributed by atoms with Gasteiger partial charge >= 0.3 is 0 Å². The van der Waals surface area contributed by atoms with Crippen molar-refractivity contribution in [2.75, 3.05) is 7.05 Å². The molecule has 0 atom stereocenters. The molecule has 0 aromatic heterocycles. The summed E-state index contributed by atoms with van der Waals surface area (Å²) in [7, 11) is 1.81. The molecule has 0 saturated carbocycles. The minimum absolute atomic E-state index is 0.118. The second-order valence-electron chi connectivity index (χ2n) is 7.40. The maximum atomic E-state index is 12.1. The van der Waals surface area contributed by atoms with Gasteiger partial charge in [0.25, 0.3) is 0 Å². The highest BCUT2D eigenvalue weighted by Gasteiger charge is 2.20. The van der Waals surface area contributed by atoms with Crippen LogP contribution >= 0.6 is 11.6 Å². The average molecular weight is 400 g/mol. The number of hydrogen-bond acceptors (Lipinski definition) is 2. The summed E-state index contributed by atoms with van der Waals surface area (Å²) >= 11 is 6.69. The van der Waals surface area contributed by atoms with Gasteiger partial charge in [-0.2, -0.15) is 0 Å². The van der Waals surface area contributed by atoms with Gasteiger partial charge in [0.15, 0.2) is 5.78 Å². The second kappa shape index (κ2) is 11.2. The number of allylic oxidation sites excluding steroid dienone is 5. The summed E-state index contributed by atoms with van der Waals surface area (Å²) in [6.07, 6.45) is 5.56. The summed E-state index contributed by atoms with van der Waals surface area (Å²) in [5.41, 5.74) is 8.37. The predicted molar refractivity (Wildman–Crippen MR) is 125 cm³/mol. The Morgan fingerprint density at radius 3 is 2.32 bits per heavy atom. The van der Waals surface area contributed by atoms with Crippen molar-refractivity contribution in [1.82, 2.24) is 0 Å². The first-order chi connectivity index (χ1) is 13.2. The maximum Gasteiger partial charge on any atom is 0.155 e. The Hall–Kier alpha value is -1.93. The number of hydrogen-bond donors (Lipinski definition) is 0. The molecule has 0 fully saturated rings. The van der Waals surface area contributed by atoms with E-state index in [0.717, 1.165) is 64.0 Å². The standard InChI is InChI=1S/C25H34ClNO/c1-9-11-13-20(17(5)19(7)28)21-14-15-22(26)25(18(21)6)24(16(3)4)23(27-8)12-10-2/h10,14-15H,2,9,11-13H2,1,3-8H3/b20-17+,27-23?. The molecule has 0 aliphatic carbocycles. The Morgan fingerprint density at radius 1 is 1.21 bits per heavy atom. The van der Waals surface area contributed by atoms with Crippen molar-refractivity contribution in [2.45, 2.75) is 67.2 Å². The zero-order valence-electron chi connectivity index (χ0n) is 18.5. The normalized spacial score (nSPS) is 12.5. The Balaban J connectivity index is 3.83. The molecular formula is C25H34ClNO. The van der Waals surface area contributed by atoms with Crippen molar-refractivity contribution in [3.05, 3.63) is 57.6 Å². The van der Waals surface area contributed by atoms with Crippen LogP contribution < -0.4 is 0 Å². The van der Waals surface area contributed by atoms with Gasteiger partial charge in [-0.1, -0.05) is 42.7 Å². The number of rotatable bonds is 9. The van der Waals surface area contributed by atoms with Crippen molar-refractivity contribution in [1.29, 1.82) is 0 Å². The van der Waals surface area contributed by atoms with Gasteiger partial charge in [0.05, 0.1) is 0 Å². The summed E-state index contributed by atoms with van der Waals surface area (Å²) in [5, 5.41) is 0.706. The van der Waals surface area contributed by atoms with Gasteiger partial charge in [-0.3, -0.25) is 9.79 Å². The topological polar surface area (TPSA) is 29.4 Å². The summed E-state index contributed by atoms with van der Waals surface area (Å²) < 4.78 is 0. The molecule has 0 aliphatic rings. The third kappa shape index (κ3) is 5.54. The average Bonchev–Trinajstić information content (AvgIpc) is 2.64. The molecule has 0 N–H and O–H groups in total. The molecule has 152 valence electrons. The molecule has 0 aliphatic heterocycles. The van der Waals surface area contributed by atoms with Crippen LogP contribution in [-0.2, 0) is 4.79 Å². The van der Waals surface area contributed by atoms with Crippen LogP contribution in [0, 0.1) is 6.92 Å². The minimum Gasteiger partial charge on any atom is -0.295 e. The van der Waals surface area contributed by atoms with Gasteiger partial charge in [-0.15, -0.1) is 6.58 Å². The lowest BCUT2D eigenvalue weighted by Crippen LogP contribution is -2.08. The Bertz CT molecular complexity index is 836. The molecule has 0 saturated heterocycles. The van der Waals surface area contributed by atoms with Gasteiger partial charge in [-0.05, 0) is 75.8 Å². The van der Waals surface area contributed by atoms with Crippen molar-refractivity contribution in [2.24, 2.45) is 4.99 Å². The van der Waals surface area contributed by atoms with Gasteiger partial charge in [0, 0.05) is 35.3 Å². The van der Waals surface area contributed by atoms with Gasteiger partial charge < -0.3 is 0 Å². The van der Waals surface area contributed by atoms with E-state index in [9.17, 15) is 4.79 Å². The molecule has 0 heterocycles. The first kappa shape index (κ1) is 24.1. The lowest BCUT2D eigenvalue weighted by Gasteiger charge is -2.21. The third-order valence-electron chi connectivity index (χ3n) is 5.15. The van der Waals surface area contributed by atoms with Crippen LogP contribution in [0.5, 0.6) is 0 Å². The smallest absolute Gasteiger partial charge is 0.155 e. The largest absolute Gasteiger partial charge is 0.295 e. The van der Waals surface area contributed by atoms with Gasteiger partial charge in [-0.25, -0.2) is 0 Å². The van der Waals surface area contributed by atoms with Crippen LogP contribution in [0.15, 0.2) is 40.9 Å².